The Hall–Kier alpha value is -4.30. The fourth-order valence-corrected chi connectivity index (χ4v) is 6.47. The third-order valence-corrected chi connectivity index (χ3v) is 8.39. The van der Waals surface area contributed by atoms with E-state index < -0.39 is 12.0 Å². The Bertz CT molecular complexity index is 1440. The summed E-state index contributed by atoms with van der Waals surface area (Å²) in [6.07, 6.45) is 5.18. The Morgan fingerprint density at radius 2 is 2.03 bits per heavy atom. The van der Waals surface area contributed by atoms with E-state index in [1.165, 1.54) is 0 Å². The Morgan fingerprint density at radius 3 is 2.70 bits per heavy atom. The normalized spacial score (nSPS) is 28.9. The minimum Gasteiger partial charge on any atom is -0.442 e. The van der Waals surface area contributed by atoms with Crippen molar-refractivity contribution in [1.29, 1.82) is 5.26 Å². The molecule has 1 saturated carbocycles. The van der Waals surface area contributed by atoms with Crippen LogP contribution in [0.2, 0.25) is 0 Å². The molecule has 5 heterocycles. The van der Waals surface area contributed by atoms with E-state index in [0.717, 1.165) is 28.1 Å². The third kappa shape index (κ3) is 3.12. The lowest BCUT2D eigenvalue weighted by Crippen LogP contribution is -2.36. The zero-order chi connectivity index (χ0) is 25.3. The maximum absolute atomic E-state index is 12.6. The van der Waals surface area contributed by atoms with Gasteiger partial charge in [0.15, 0.2) is 0 Å². The summed E-state index contributed by atoms with van der Waals surface area (Å²) in [5.74, 6) is -0.201. The summed E-state index contributed by atoms with van der Waals surface area (Å²) in [6.45, 7) is 0.899. The topological polar surface area (TPSA) is 137 Å². The molecule has 1 aliphatic carbocycles. The Labute approximate surface area is 211 Å². The number of hydrogen-bond donors (Lipinski definition) is 1. The Morgan fingerprint density at radius 1 is 1.22 bits per heavy atom. The number of nitrogens with zero attached hydrogens (tertiary/aromatic N) is 7. The van der Waals surface area contributed by atoms with Gasteiger partial charge in [-0.15, -0.1) is 5.10 Å². The second-order valence-corrected chi connectivity index (χ2v) is 10.1. The number of aromatic nitrogens is 4. The fourth-order valence-electron chi connectivity index (χ4n) is 6.47. The molecule has 11 heteroatoms. The van der Waals surface area contributed by atoms with E-state index >= 15 is 0 Å². The van der Waals surface area contributed by atoms with E-state index in [2.05, 4.69) is 27.4 Å². The summed E-state index contributed by atoms with van der Waals surface area (Å²) in [4.78, 5) is 32.5. The number of rotatable bonds is 5. The number of hydrogen-bond acceptors (Lipinski definition) is 8. The minimum atomic E-state index is -0.674. The van der Waals surface area contributed by atoms with Crippen LogP contribution in [0.5, 0.6) is 0 Å². The van der Waals surface area contributed by atoms with Crippen molar-refractivity contribution in [2.75, 3.05) is 24.6 Å². The van der Waals surface area contributed by atoms with Crippen molar-refractivity contribution in [3.8, 4) is 17.2 Å². The molecule has 0 bridgehead atoms. The van der Waals surface area contributed by atoms with Gasteiger partial charge in [-0.1, -0.05) is 17.3 Å². The van der Waals surface area contributed by atoms with Crippen LogP contribution in [0.3, 0.4) is 0 Å². The highest BCUT2D eigenvalue weighted by Gasteiger charge is 2.71. The maximum Gasteiger partial charge on any atom is 0.415 e. The number of fused-ring (bicyclic) bond motifs is 4. The molecule has 1 N–H and O–H groups in total. The Balaban J connectivity index is 1.10. The second kappa shape index (κ2) is 7.85. The van der Waals surface area contributed by atoms with Crippen molar-refractivity contribution in [2.45, 2.75) is 30.5 Å². The largest absolute Gasteiger partial charge is 0.442 e. The van der Waals surface area contributed by atoms with Gasteiger partial charge >= 0.3 is 6.09 Å². The summed E-state index contributed by atoms with van der Waals surface area (Å²) >= 11 is 0. The number of pyridine rings is 1. The highest BCUT2D eigenvalue weighted by Crippen LogP contribution is 2.62. The van der Waals surface area contributed by atoms with E-state index in [4.69, 9.17) is 9.84 Å². The maximum atomic E-state index is 12.6. The molecule has 4 aliphatic rings. The van der Waals surface area contributed by atoms with Gasteiger partial charge in [-0.25, -0.2) is 9.48 Å². The van der Waals surface area contributed by atoms with Crippen LogP contribution in [0.1, 0.15) is 11.3 Å². The van der Waals surface area contributed by atoms with Gasteiger partial charge in [0, 0.05) is 42.9 Å². The summed E-state index contributed by atoms with van der Waals surface area (Å²) in [7, 11) is 0. The van der Waals surface area contributed by atoms with Crippen LogP contribution in [-0.4, -0.2) is 73.8 Å². The molecule has 0 radical (unpaired) electrons. The fraction of sp³-hybridized carbons (Fsp3) is 0.385. The standard InChI is InChI=1S/C26H23N7O4/c27-14-26(18-10-31(11-19(18)26)24(35)13-34)23-4-2-16(9-28-23)15-1-3-20-17(7-15)8-21-22(37-25(36)33(20)21)12-32-6-5-29-30-32/h1-7,9,18-19,21-22,34H,8,10-13H2/t18?,19?,21-,22?,26?/m0/s1. The number of aliphatic hydroxyl groups is 1. The number of anilines is 1. The molecule has 186 valence electrons. The average Bonchev–Trinajstić information content (AvgIpc) is 3.52. The third-order valence-electron chi connectivity index (χ3n) is 8.39. The number of cyclic esters (lactones) is 1. The van der Waals surface area contributed by atoms with E-state index in [0.29, 0.717) is 26.1 Å². The van der Waals surface area contributed by atoms with Gasteiger partial charge in [0.25, 0.3) is 0 Å². The number of likely N-dealkylation sites (tertiary alicyclic amines) is 1. The summed E-state index contributed by atoms with van der Waals surface area (Å²) in [5.41, 5.74) is 3.90. The van der Waals surface area contributed by atoms with Crippen molar-refractivity contribution in [3.63, 3.8) is 0 Å². The summed E-state index contributed by atoms with van der Waals surface area (Å²) in [6, 6.07) is 12.3. The van der Waals surface area contributed by atoms with Crippen molar-refractivity contribution < 1.29 is 19.4 Å². The molecule has 3 fully saturated rings. The zero-order valence-corrected chi connectivity index (χ0v) is 19.8. The molecule has 1 aromatic carbocycles. The van der Waals surface area contributed by atoms with Crippen molar-refractivity contribution >= 4 is 17.7 Å². The second-order valence-electron chi connectivity index (χ2n) is 10.1. The van der Waals surface area contributed by atoms with Gasteiger partial charge in [-0.05, 0) is 35.7 Å². The van der Waals surface area contributed by atoms with Gasteiger partial charge in [-0.3, -0.25) is 14.7 Å². The molecule has 2 saturated heterocycles. The molecule has 7 rings (SSSR count). The molecule has 11 nitrogen and oxygen atoms in total. The van der Waals surface area contributed by atoms with Gasteiger partial charge in [0.05, 0.1) is 36.2 Å². The SMILES string of the molecule is N#CC1(c2ccc(-c3ccc4c(c3)C[C@H]3C(Cn5ccnn5)OC(=O)N43)cn2)C2CN(C(=O)CO)CC21. The lowest BCUT2D eigenvalue weighted by atomic mass is 9.95. The number of benzene rings is 1. The smallest absolute Gasteiger partial charge is 0.415 e. The number of ether oxygens (including phenoxy) is 1. The lowest BCUT2D eigenvalue weighted by Gasteiger charge is -2.22. The monoisotopic (exact) mass is 497 g/mol. The van der Waals surface area contributed by atoms with Crippen LogP contribution in [0.15, 0.2) is 48.9 Å². The number of aliphatic hydroxyl groups excluding tert-OH is 1. The van der Waals surface area contributed by atoms with Crippen molar-refractivity contribution in [1.82, 2.24) is 24.9 Å². The molecule has 3 aliphatic heterocycles. The van der Waals surface area contributed by atoms with E-state index in [-0.39, 0.29) is 36.0 Å². The van der Waals surface area contributed by atoms with E-state index in [9.17, 15) is 14.9 Å². The zero-order valence-electron chi connectivity index (χ0n) is 19.8. The van der Waals surface area contributed by atoms with Crippen LogP contribution in [0, 0.1) is 23.2 Å². The van der Waals surface area contributed by atoms with Crippen LogP contribution in [0.25, 0.3) is 11.1 Å². The van der Waals surface area contributed by atoms with Gasteiger partial charge < -0.3 is 14.7 Å². The number of amides is 2. The van der Waals surface area contributed by atoms with Crippen LogP contribution in [0.4, 0.5) is 10.5 Å². The first-order valence-corrected chi connectivity index (χ1v) is 12.3. The minimum absolute atomic E-state index is 0.0463. The first-order valence-electron chi connectivity index (χ1n) is 12.3. The molecule has 0 spiro atoms. The van der Waals surface area contributed by atoms with Crippen molar-refractivity contribution in [3.05, 3.63) is 60.2 Å². The molecular formula is C26H23N7O4. The molecule has 3 aromatic rings. The average molecular weight is 498 g/mol. The van der Waals surface area contributed by atoms with Crippen molar-refractivity contribution in [2.24, 2.45) is 11.8 Å². The predicted molar refractivity (Wildman–Crippen MR) is 128 cm³/mol. The number of carbonyl (C=O) groups is 2. The number of piperidine rings is 1. The van der Waals surface area contributed by atoms with Gasteiger partial charge in [-0.2, -0.15) is 5.26 Å². The lowest BCUT2D eigenvalue weighted by molar-refractivity contribution is -0.133. The van der Waals surface area contributed by atoms with Gasteiger partial charge in [0.1, 0.15) is 18.1 Å². The van der Waals surface area contributed by atoms with Crippen LogP contribution in [-0.2, 0) is 27.9 Å². The molecule has 37 heavy (non-hydrogen) atoms. The quantitative estimate of drug-likeness (QED) is 0.554. The number of carbonyl (C=O) groups excluding carboxylic acids is 2. The highest BCUT2D eigenvalue weighted by molar-refractivity contribution is 5.94. The molecule has 2 aromatic heterocycles. The van der Waals surface area contributed by atoms with Crippen LogP contribution >= 0.6 is 0 Å². The predicted octanol–water partition coefficient (Wildman–Crippen LogP) is 1.13. The van der Waals surface area contributed by atoms with E-state index in [1.54, 1.807) is 33.1 Å². The van der Waals surface area contributed by atoms with Gasteiger partial charge in [0.2, 0.25) is 5.91 Å². The van der Waals surface area contributed by atoms with Crippen LogP contribution < -0.4 is 4.90 Å². The molecule has 3 unspecified atom stereocenters. The first kappa shape index (κ1) is 21.9. The Kier molecular flexibility index (Phi) is 4.65. The van der Waals surface area contributed by atoms with E-state index in [1.807, 2.05) is 24.3 Å². The molecule has 4 atom stereocenters. The number of nitriles is 1. The highest BCUT2D eigenvalue weighted by atomic mass is 16.6. The molecule has 2 amide bonds. The summed E-state index contributed by atoms with van der Waals surface area (Å²) < 4.78 is 7.29. The first-order chi connectivity index (χ1) is 18.0. The molecular weight excluding hydrogens is 474 g/mol. The summed E-state index contributed by atoms with van der Waals surface area (Å²) in [5, 5.41) is 26.9.